The lowest BCUT2D eigenvalue weighted by Gasteiger charge is -2.06. The van der Waals surface area contributed by atoms with Crippen LogP contribution in [0, 0.1) is 5.82 Å². The van der Waals surface area contributed by atoms with E-state index in [1.807, 2.05) is 24.3 Å². The molecule has 5 heteroatoms. The lowest BCUT2D eigenvalue weighted by Crippen LogP contribution is -2.03. The molecular formula is C15H12BrFO2S. The first-order valence-electron chi connectivity index (χ1n) is 5.86. The molecule has 0 amide bonds. The van der Waals surface area contributed by atoms with Gasteiger partial charge in [0, 0.05) is 14.9 Å². The lowest BCUT2D eigenvalue weighted by atomic mass is 10.1. The van der Waals surface area contributed by atoms with Gasteiger partial charge in [0.1, 0.15) is 0 Å². The summed E-state index contributed by atoms with van der Waals surface area (Å²) in [6.45, 7) is 0. The second-order valence-corrected chi connectivity index (χ2v) is 5.86. The number of rotatable bonds is 5. The average molecular weight is 355 g/mol. The van der Waals surface area contributed by atoms with Crippen LogP contribution in [0.1, 0.15) is 10.4 Å². The molecule has 2 rings (SSSR count). The molecule has 20 heavy (non-hydrogen) atoms. The van der Waals surface area contributed by atoms with Crippen molar-refractivity contribution >= 4 is 33.5 Å². The Morgan fingerprint density at radius 1 is 1.30 bits per heavy atom. The highest BCUT2D eigenvalue weighted by atomic mass is 79.9. The third-order valence-corrected chi connectivity index (χ3v) is 4.70. The van der Waals surface area contributed by atoms with E-state index in [1.165, 1.54) is 31.0 Å². The van der Waals surface area contributed by atoms with Gasteiger partial charge in [-0.25, -0.2) is 4.39 Å². The van der Waals surface area contributed by atoms with Gasteiger partial charge >= 0.3 is 0 Å². The highest BCUT2D eigenvalue weighted by molar-refractivity contribution is 9.10. The van der Waals surface area contributed by atoms with Crippen LogP contribution in [0.15, 0.2) is 51.8 Å². The molecule has 0 fully saturated rings. The predicted molar refractivity (Wildman–Crippen MR) is 82.1 cm³/mol. The molecule has 0 aromatic heterocycles. The van der Waals surface area contributed by atoms with Gasteiger partial charge in [-0.05, 0) is 46.3 Å². The zero-order valence-electron chi connectivity index (χ0n) is 10.7. The molecule has 0 heterocycles. The Morgan fingerprint density at radius 2 is 2.05 bits per heavy atom. The van der Waals surface area contributed by atoms with E-state index in [0.717, 1.165) is 9.37 Å². The van der Waals surface area contributed by atoms with Crippen LogP contribution in [0.5, 0.6) is 5.75 Å². The van der Waals surface area contributed by atoms with E-state index in [-0.39, 0.29) is 17.3 Å². The van der Waals surface area contributed by atoms with E-state index in [1.54, 1.807) is 6.07 Å². The largest absolute Gasteiger partial charge is 0.494 e. The molecule has 0 aliphatic heterocycles. The number of carbonyl (C=O) groups is 1. The van der Waals surface area contributed by atoms with Gasteiger partial charge in [-0.15, -0.1) is 11.8 Å². The first-order valence-corrected chi connectivity index (χ1v) is 7.63. The standard InChI is InChI=1S/C15H12BrFO2S/c1-19-14-7-6-10(8-12(14)17)13(18)9-20-15-5-3-2-4-11(15)16/h2-8H,9H2,1H3. The topological polar surface area (TPSA) is 26.3 Å². The summed E-state index contributed by atoms with van der Waals surface area (Å²) in [5.41, 5.74) is 0.350. The van der Waals surface area contributed by atoms with Crippen molar-refractivity contribution in [3.8, 4) is 5.75 Å². The maximum Gasteiger partial charge on any atom is 0.173 e. The minimum atomic E-state index is -0.524. The third-order valence-electron chi connectivity index (χ3n) is 2.67. The summed E-state index contributed by atoms with van der Waals surface area (Å²) >= 11 is 4.84. The molecule has 0 atom stereocenters. The van der Waals surface area contributed by atoms with Crippen molar-refractivity contribution < 1.29 is 13.9 Å². The number of Topliss-reactive ketones (excluding diaryl/α,β-unsaturated/α-hetero) is 1. The maximum atomic E-state index is 13.5. The number of ketones is 1. The van der Waals surface area contributed by atoms with Crippen LogP contribution >= 0.6 is 27.7 Å². The molecule has 2 nitrogen and oxygen atoms in total. The van der Waals surface area contributed by atoms with Crippen LogP contribution in [0.4, 0.5) is 4.39 Å². The molecule has 0 saturated heterocycles. The Hall–Kier alpha value is -1.33. The monoisotopic (exact) mass is 354 g/mol. The van der Waals surface area contributed by atoms with E-state index in [2.05, 4.69) is 15.9 Å². The highest BCUT2D eigenvalue weighted by Gasteiger charge is 2.11. The van der Waals surface area contributed by atoms with E-state index < -0.39 is 5.82 Å². The van der Waals surface area contributed by atoms with E-state index in [4.69, 9.17) is 4.74 Å². The van der Waals surface area contributed by atoms with Crippen molar-refractivity contribution in [2.75, 3.05) is 12.9 Å². The van der Waals surface area contributed by atoms with Gasteiger partial charge in [0.05, 0.1) is 12.9 Å². The number of thioether (sulfide) groups is 1. The molecule has 2 aromatic rings. The fraction of sp³-hybridized carbons (Fsp3) is 0.133. The van der Waals surface area contributed by atoms with Gasteiger partial charge in [0.2, 0.25) is 0 Å². The molecule has 0 unspecified atom stereocenters. The Kier molecular flexibility index (Phi) is 5.20. The number of ether oxygens (including phenoxy) is 1. The number of halogens is 2. The van der Waals surface area contributed by atoms with Crippen LogP contribution in [0.2, 0.25) is 0 Å². The normalized spacial score (nSPS) is 10.3. The summed E-state index contributed by atoms with van der Waals surface area (Å²) in [5, 5.41) is 0. The Balaban J connectivity index is 2.05. The van der Waals surface area contributed by atoms with E-state index in [0.29, 0.717) is 5.56 Å². The van der Waals surface area contributed by atoms with Gasteiger partial charge in [-0.1, -0.05) is 12.1 Å². The zero-order chi connectivity index (χ0) is 14.5. The van der Waals surface area contributed by atoms with Crippen molar-refractivity contribution in [2.45, 2.75) is 4.90 Å². The molecule has 0 aliphatic rings. The SMILES string of the molecule is COc1ccc(C(=O)CSc2ccccc2Br)cc1F. The molecular weight excluding hydrogens is 343 g/mol. The summed E-state index contributed by atoms with van der Waals surface area (Å²) in [6.07, 6.45) is 0. The van der Waals surface area contributed by atoms with Gasteiger partial charge in [-0.3, -0.25) is 4.79 Å². The van der Waals surface area contributed by atoms with Crippen molar-refractivity contribution in [3.05, 3.63) is 58.3 Å². The van der Waals surface area contributed by atoms with Crippen LogP contribution in [0.3, 0.4) is 0 Å². The second kappa shape index (κ2) is 6.90. The number of methoxy groups -OCH3 is 1. The molecule has 0 radical (unpaired) electrons. The fourth-order valence-corrected chi connectivity index (χ4v) is 3.09. The number of benzene rings is 2. The van der Waals surface area contributed by atoms with Crippen molar-refractivity contribution in [1.82, 2.24) is 0 Å². The fourth-order valence-electron chi connectivity index (χ4n) is 1.63. The predicted octanol–water partition coefficient (Wildman–Crippen LogP) is 4.57. The minimum absolute atomic E-state index is 0.118. The van der Waals surface area contributed by atoms with E-state index in [9.17, 15) is 9.18 Å². The van der Waals surface area contributed by atoms with Crippen LogP contribution in [-0.4, -0.2) is 18.6 Å². The second-order valence-electron chi connectivity index (χ2n) is 3.99. The van der Waals surface area contributed by atoms with Crippen molar-refractivity contribution in [3.63, 3.8) is 0 Å². The Morgan fingerprint density at radius 3 is 2.70 bits per heavy atom. The summed E-state index contributed by atoms with van der Waals surface area (Å²) in [7, 11) is 1.39. The molecule has 0 bridgehead atoms. The quantitative estimate of drug-likeness (QED) is 0.581. The molecule has 0 spiro atoms. The highest BCUT2D eigenvalue weighted by Crippen LogP contribution is 2.28. The van der Waals surface area contributed by atoms with E-state index >= 15 is 0 Å². The molecule has 0 aliphatic carbocycles. The van der Waals surface area contributed by atoms with Crippen LogP contribution in [-0.2, 0) is 0 Å². The van der Waals surface area contributed by atoms with Gasteiger partial charge in [-0.2, -0.15) is 0 Å². The number of carbonyl (C=O) groups excluding carboxylic acids is 1. The van der Waals surface area contributed by atoms with Crippen molar-refractivity contribution in [1.29, 1.82) is 0 Å². The first kappa shape index (κ1) is 15.1. The van der Waals surface area contributed by atoms with Crippen LogP contribution in [0.25, 0.3) is 0 Å². The van der Waals surface area contributed by atoms with Crippen LogP contribution < -0.4 is 4.74 Å². The van der Waals surface area contributed by atoms with Gasteiger partial charge < -0.3 is 4.74 Å². The number of hydrogen-bond donors (Lipinski definition) is 0. The van der Waals surface area contributed by atoms with Gasteiger partial charge in [0.15, 0.2) is 17.3 Å². The average Bonchev–Trinajstić information content (AvgIpc) is 2.46. The first-order chi connectivity index (χ1) is 9.61. The zero-order valence-corrected chi connectivity index (χ0v) is 13.1. The molecule has 0 N–H and O–H groups in total. The Labute approximate surface area is 129 Å². The maximum absolute atomic E-state index is 13.5. The summed E-state index contributed by atoms with van der Waals surface area (Å²) in [4.78, 5) is 13.0. The number of hydrogen-bond acceptors (Lipinski definition) is 3. The summed E-state index contributed by atoms with van der Waals surface area (Å²) in [6, 6.07) is 11.9. The lowest BCUT2D eigenvalue weighted by molar-refractivity contribution is 0.102. The van der Waals surface area contributed by atoms with Crippen molar-refractivity contribution in [2.24, 2.45) is 0 Å². The molecule has 2 aromatic carbocycles. The minimum Gasteiger partial charge on any atom is -0.494 e. The smallest absolute Gasteiger partial charge is 0.173 e. The third kappa shape index (κ3) is 3.61. The molecule has 0 saturated carbocycles. The Bertz CT molecular complexity index is 631. The molecule has 104 valence electrons. The summed E-state index contributed by atoms with van der Waals surface area (Å²) in [5.74, 6) is -0.245. The summed E-state index contributed by atoms with van der Waals surface area (Å²) < 4.78 is 19.3. The van der Waals surface area contributed by atoms with Gasteiger partial charge in [0.25, 0.3) is 0 Å².